The van der Waals surface area contributed by atoms with Crippen molar-refractivity contribution in [1.29, 1.82) is 0 Å². The van der Waals surface area contributed by atoms with Crippen LogP contribution in [0.4, 0.5) is 5.69 Å². The zero-order chi connectivity index (χ0) is 22.8. The van der Waals surface area contributed by atoms with Crippen molar-refractivity contribution in [1.82, 2.24) is 14.7 Å². The number of hydrogen-bond donors (Lipinski definition) is 3. The number of aromatic nitrogens is 2. The van der Waals surface area contributed by atoms with E-state index in [1.807, 2.05) is 30.5 Å². The molecule has 2 heterocycles. The van der Waals surface area contributed by atoms with Crippen LogP contribution < -0.4 is 10.6 Å². The molecule has 6 nitrogen and oxygen atoms in total. The van der Waals surface area contributed by atoms with E-state index in [0.717, 1.165) is 21.2 Å². The molecule has 2 amide bonds. The Hall–Kier alpha value is -3.97. The molecule has 0 aliphatic heterocycles. The molecule has 0 saturated carbocycles. The van der Waals surface area contributed by atoms with Gasteiger partial charge in [0.2, 0.25) is 0 Å². The van der Waals surface area contributed by atoms with Crippen molar-refractivity contribution in [2.45, 2.75) is 13.3 Å². The van der Waals surface area contributed by atoms with Crippen LogP contribution in [0.15, 0.2) is 72.9 Å². The van der Waals surface area contributed by atoms with Crippen LogP contribution in [0.1, 0.15) is 32.0 Å². The summed E-state index contributed by atoms with van der Waals surface area (Å²) in [6.45, 7) is 2.55. The molecule has 0 atom stereocenters. The Morgan fingerprint density at radius 1 is 0.970 bits per heavy atom. The Morgan fingerprint density at radius 3 is 2.70 bits per heavy atom. The number of nitrogens with zero attached hydrogens (tertiary/aromatic N) is 1. The predicted molar refractivity (Wildman–Crippen MR) is 133 cm³/mol. The molecular formula is C26H22N4O2S. The van der Waals surface area contributed by atoms with E-state index in [1.165, 1.54) is 22.5 Å². The van der Waals surface area contributed by atoms with Crippen molar-refractivity contribution in [3.63, 3.8) is 0 Å². The molecule has 0 aliphatic rings. The van der Waals surface area contributed by atoms with Crippen LogP contribution in [0.5, 0.6) is 0 Å². The quantitative estimate of drug-likeness (QED) is 0.325. The van der Waals surface area contributed by atoms with Crippen molar-refractivity contribution >= 4 is 50.0 Å². The molecule has 0 radical (unpaired) electrons. The second-order valence-corrected chi connectivity index (χ2v) is 8.70. The van der Waals surface area contributed by atoms with Crippen LogP contribution in [0.3, 0.4) is 0 Å². The van der Waals surface area contributed by atoms with Gasteiger partial charge in [0, 0.05) is 29.0 Å². The molecule has 0 bridgehead atoms. The summed E-state index contributed by atoms with van der Waals surface area (Å²) in [5, 5.41) is 7.81. The predicted octanol–water partition coefficient (Wildman–Crippen LogP) is 5.31. The lowest BCUT2D eigenvalue weighted by atomic mass is 10.1. The van der Waals surface area contributed by atoms with Gasteiger partial charge in [-0.3, -0.25) is 9.59 Å². The Labute approximate surface area is 194 Å². The fraction of sp³-hybridized carbons (Fsp3) is 0.115. The summed E-state index contributed by atoms with van der Waals surface area (Å²) in [5.74, 6) is -0.563. The van der Waals surface area contributed by atoms with Gasteiger partial charge in [-0.1, -0.05) is 42.0 Å². The van der Waals surface area contributed by atoms with Gasteiger partial charge in [-0.15, -0.1) is 0 Å². The molecule has 3 N–H and O–H groups in total. The molecule has 5 rings (SSSR count). The zero-order valence-corrected chi connectivity index (χ0v) is 18.8. The van der Waals surface area contributed by atoms with E-state index in [1.54, 1.807) is 24.3 Å². The third kappa shape index (κ3) is 4.23. The molecule has 5 aromatic rings. The highest BCUT2D eigenvalue weighted by Crippen LogP contribution is 2.24. The molecule has 0 fully saturated rings. The summed E-state index contributed by atoms with van der Waals surface area (Å²) in [6, 6.07) is 20.9. The molecule has 3 aromatic carbocycles. The smallest absolute Gasteiger partial charge is 0.276 e. The first kappa shape index (κ1) is 20.9. The van der Waals surface area contributed by atoms with Gasteiger partial charge in [0.15, 0.2) is 0 Å². The number of anilines is 1. The Morgan fingerprint density at radius 2 is 1.79 bits per heavy atom. The monoisotopic (exact) mass is 454 g/mol. The van der Waals surface area contributed by atoms with E-state index >= 15 is 0 Å². The molecule has 0 saturated heterocycles. The molecule has 7 heteroatoms. The number of aromatic amines is 1. The van der Waals surface area contributed by atoms with Gasteiger partial charge in [0.25, 0.3) is 11.8 Å². The normalized spacial score (nSPS) is 11.1. The van der Waals surface area contributed by atoms with E-state index in [4.69, 9.17) is 0 Å². The SMILES string of the molecule is Cc1ccc2[nH]cc(CCNC(=O)c3ccccc3NC(=O)c3nsc4ccccc34)c2c1. The number of carbonyl (C=O) groups is 2. The minimum Gasteiger partial charge on any atom is -0.361 e. The van der Waals surface area contributed by atoms with Crippen molar-refractivity contribution in [3.05, 3.63) is 95.3 Å². The van der Waals surface area contributed by atoms with Crippen LogP contribution in [-0.2, 0) is 6.42 Å². The number of nitrogens with one attached hydrogen (secondary N) is 3. The molecule has 0 aliphatic carbocycles. The third-order valence-corrected chi connectivity index (χ3v) is 6.44. The van der Waals surface area contributed by atoms with Crippen LogP contribution in [0.2, 0.25) is 0 Å². The van der Waals surface area contributed by atoms with Crippen LogP contribution in [-0.4, -0.2) is 27.7 Å². The lowest BCUT2D eigenvalue weighted by molar-refractivity contribution is 0.0955. The lowest BCUT2D eigenvalue weighted by Gasteiger charge is -2.11. The largest absolute Gasteiger partial charge is 0.361 e. The number of para-hydroxylation sites is 1. The summed E-state index contributed by atoms with van der Waals surface area (Å²) in [5.41, 5.74) is 4.68. The average molecular weight is 455 g/mol. The van der Waals surface area contributed by atoms with E-state index in [-0.39, 0.29) is 11.8 Å². The number of H-pyrrole nitrogens is 1. The molecule has 0 spiro atoms. The molecule has 0 unspecified atom stereocenters. The molecule has 2 aromatic heterocycles. The van der Waals surface area contributed by atoms with Crippen molar-refractivity contribution < 1.29 is 9.59 Å². The van der Waals surface area contributed by atoms with Gasteiger partial charge in [-0.25, -0.2) is 0 Å². The maximum atomic E-state index is 12.9. The van der Waals surface area contributed by atoms with Crippen LogP contribution >= 0.6 is 11.5 Å². The fourth-order valence-corrected chi connectivity index (χ4v) is 4.70. The number of fused-ring (bicyclic) bond motifs is 2. The Kier molecular flexibility index (Phi) is 5.62. The summed E-state index contributed by atoms with van der Waals surface area (Å²) in [6.07, 6.45) is 2.69. The molecular weight excluding hydrogens is 432 g/mol. The number of carbonyl (C=O) groups excluding carboxylic acids is 2. The standard InChI is InChI=1S/C26H22N4O2S/c1-16-10-11-21-20(14-16)17(15-28-21)12-13-27-25(31)18-6-2-4-8-22(18)29-26(32)24-19-7-3-5-9-23(19)33-30-24/h2-11,14-15,28H,12-13H2,1H3,(H,27,31)(H,29,32). The van der Waals surface area contributed by atoms with E-state index in [9.17, 15) is 9.59 Å². The fourth-order valence-electron chi connectivity index (χ4n) is 3.93. The first-order valence-electron chi connectivity index (χ1n) is 10.7. The maximum Gasteiger partial charge on any atom is 0.276 e. The average Bonchev–Trinajstić information content (AvgIpc) is 3.43. The van der Waals surface area contributed by atoms with Crippen LogP contribution in [0.25, 0.3) is 21.0 Å². The number of aryl methyl sites for hydroxylation is 1. The Balaban J connectivity index is 1.28. The van der Waals surface area contributed by atoms with E-state index in [2.05, 4.69) is 45.1 Å². The molecule has 33 heavy (non-hydrogen) atoms. The highest BCUT2D eigenvalue weighted by atomic mass is 32.1. The number of benzene rings is 3. The highest BCUT2D eigenvalue weighted by molar-refractivity contribution is 7.13. The first-order chi connectivity index (χ1) is 16.1. The molecule has 164 valence electrons. The van der Waals surface area contributed by atoms with Gasteiger partial charge >= 0.3 is 0 Å². The second kappa shape index (κ2) is 8.88. The van der Waals surface area contributed by atoms with E-state index in [0.29, 0.717) is 29.9 Å². The number of hydrogen-bond acceptors (Lipinski definition) is 4. The van der Waals surface area contributed by atoms with Crippen molar-refractivity contribution in [2.75, 3.05) is 11.9 Å². The summed E-state index contributed by atoms with van der Waals surface area (Å²) in [4.78, 5) is 29.1. The second-order valence-electron chi connectivity index (χ2n) is 7.90. The minimum atomic E-state index is -0.332. The zero-order valence-electron chi connectivity index (χ0n) is 18.0. The highest BCUT2D eigenvalue weighted by Gasteiger charge is 2.18. The van der Waals surface area contributed by atoms with E-state index < -0.39 is 0 Å². The van der Waals surface area contributed by atoms with Crippen molar-refractivity contribution in [3.8, 4) is 0 Å². The first-order valence-corrected chi connectivity index (χ1v) is 11.5. The summed E-state index contributed by atoms with van der Waals surface area (Å²) < 4.78 is 5.25. The van der Waals surface area contributed by atoms with Gasteiger partial charge < -0.3 is 15.6 Å². The summed E-state index contributed by atoms with van der Waals surface area (Å²) >= 11 is 1.28. The Bertz CT molecular complexity index is 1480. The van der Waals surface area contributed by atoms with Gasteiger partial charge in [-0.2, -0.15) is 4.37 Å². The van der Waals surface area contributed by atoms with Crippen LogP contribution in [0, 0.1) is 6.92 Å². The number of rotatable bonds is 6. The van der Waals surface area contributed by atoms with Crippen molar-refractivity contribution in [2.24, 2.45) is 0 Å². The third-order valence-electron chi connectivity index (χ3n) is 5.62. The minimum absolute atomic E-state index is 0.231. The van der Waals surface area contributed by atoms with Gasteiger partial charge in [-0.05, 0) is 60.8 Å². The summed E-state index contributed by atoms with van der Waals surface area (Å²) in [7, 11) is 0. The lowest BCUT2D eigenvalue weighted by Crippen LogP contribution is -2.27. The van der Waals surface area contributed by atoms with Gasteiger partial charge in [0.05, 0.1) is 16.0 Å². The number of amides is 2. The maximum absolute atomic E-state index is 12.9. The van der Waals surface area contributed by atoms with Gasteiger partial charge in [0.1, 0.15) is 5.69 Å². The topological polar surface area (TPSA) is 86.9 Å².